The zero-order valence-corrected chi connectivity index (χ0v) is 16.7. The lowest BCUT2D eigenvalue weighted by molar-refractivity contribution is -0.130. The summed E-state index contributed by atoms with van der Waals surface area (Å²) in [5.41, 5.74) is 0. The van der Waals surface area contributed by atoms with Crippen molar-refractivity contribution >= 4 is 36.0 Å². The van der Waals surface area contributed by atoms with Crippen LogP contribution in [0.4, 0.5) is 0 Å². The van der Waals surface area contributed by atoms with Gasteiger partial charge in [0.2, 0.25) is 11.8 Å². The van der Waals surface area contributed by atoms with E-state index in [2.05, 4.69) is 31.4 Å². The van der Waals surface area contributed by atoms with Gasteiger partial charge in [0.15, 0.2) is 0 Å². The normalized spacial score (nSPS) is 24.4. The van der Waals surface area contributed by atoms with Gasteiger partial charge in [-0.15, -0.1) is 24.2 Å². The Hall–Kier alpha value is -0.460. The van der Waals surface area contributed by atoms with Crippen molar-refractivity contribution in [3.8, 4) is 0 Å². The zero-order chi connectivity index (χ0) is 16.9. The molecule has 0 spiro atoms. The SMILES string of the molecule is CC(C)(C)SCC(=O)N1CCCC(CNC(=O)C2CCCN2)C1.Cl. The molecular formula is C17H32ClN3O2S. The zero-order valence-electron chi connectivity index (χ0n) is 15.1. The van der Waals surface area contributed by atoms with Crippen LogP contribution in [0.3, 0.4) is 0 Å². The first-order chi connectivity index (χ1) is 10.8. The fourth-order valence-corrected chi connectivity index (χ4v) is 3.84. The van der Waals surface area contributed by atoms with E-state index in [-0.39, 0.29) is 35.0 Å². The lowest BCUT2D eigenvalue weighted by Gasteiger charge is -2.33. The van der Waals surface area contributed by atoms with Gasteiger partial charge in [-0.2, -0.15) is 0 Å². The van der Waals surface area contributed by atoms with Crippen molar-refractivity contribution in [1.29, 1.82) is 0 Å². The summed E-state index contributed by atoms with van der Waals surface area (Å²) in [6.45, 7) is 9.67. The maximum atomic E-state index is 12.3. The Kier molecular flexibility index (Phi) is 8.88. The number of hydrogen-bond donors (Lipinski definition) is 2. The predicted octanol–water partition coefficient (Wildman–Crippen LogP) is 2.05. The highest BCUT2D eigenvalue weighted by Gasteiger charge is 2.27. The van der Waals surface area contributed by atoms with Crippen LogP contribution < -0.4 is 10.6 Å². The Morgan fingerprint density at radius 1 is 1.25 bits per heavy atom. The first kappa shape index (κ1) is 21.6. The second-order valence-corrected chi connectivity index (χ2v) is 9.45. The first-order valence-electron chi connectivity index (χ1n) is 8.78. The number of carbonyl (C=O) groups excluding carboxylic acids is 2. The molecule has 2 aliphatic rings. The van der Waals surface area contributed by atoms with E-state index in [1.54, 1.807) is 11.8 Å². The van der Waals surface area contributed by atoms with E-state index < -0.39 is 0 Å². The largest absolute Gasteiger partial charge is 0.354 e. The molecule has 2 rings (SSSR count). The molecule has 0 radical (unpaired) electrons. The summed E-state index contributed by atoms with van der Waals surface area (Å²) in [5, 5.41) is 6.29. The Labute approximate surface area is 156 Å². The quantitative estimate of drug-likeness (QED) is 0.769. The maximum absolute atomic E-state index is 12.3. The first-order valence-corrected chi connectivity index (χ1v) is 9.76. The molecule has 2 saturated heterocycles. The predicted molar refractivity (Wildman–Crippen MR) is 103 cm³/mol. The molecule has 2 N–H and O–H groups in total. The third-order valence-electron chi connectivity index (χ3n) is 4.44. The van der Waals surface area contributed by atoms with Crippen LogP contribution in [0.25, 0.3) is 0 Å². The minimum Gasteiger partial charge on any atom is -0.354 e. The number of thioether (sulfide) groups is 1. The number of hydrogen-bond acceptors (Lipinski definition) is 4. The van der Waals surface area contributed by atoms with Crippen LogP contribution in [0.1, 0.15) is 46.5 Å². The molecule has 0 aromatic carbocycles. The fraction of sp³-hybridized carbons (Fsp3) is 0.882. The highest BCUT2D eigenvalue weighted by molar-refractivity contribution is 8.01. The van der Waals surface area contributed by atoms with Gasteiger partial charge in [-0.05, 0) is 38.1 Å². The summed E-state index contributed by atoms with van der Waals surface area (Å²) < 4.78 is 0.118. The number of nitrogens with zero attached hydrogens (tertiary/aromatic N) is 1. The molecule has 2 unspecified atom stereocenters. The van der Waals surface area contributed by atoms with Crippen molar-refractivity contribution in [1.82, 2.24) is 15.5 Å². The van der Waals surface area contributed by atoms with Gasteiger partial charge in [-0.1, -0.05) is 20.8 Å². The van der Waals surface area contributed by atoms with E-state index in [0.717, 1.165) is 45.3 Å². The minimum absolute atomic E-state index is 0. The van der Waals surface area contributed by atoms with Crippen molar-refractivity contribution in [2.75, 3.05) is 31.9 Å². The Bertz CT molecular complexity index is 423. The van der Waals surface area contributed by atoms with Crippen molar-refractivity contribution in [3.05, 3.63) is 0 Å². The molecule has 2 atom stereocenters. The van der Waals surface area contributed by atoms with Crippen LogP contribution >= 0.6 is 24.2 Å². The molecule has 24 heavy (non-hydrogen) atoms. The number of amides is 2. The van der Waals surface area contributed by atoms with E-state index >= 15 is 0 Å². The monoisotopic (exact) mass is 377 g/mol. The van der Waals surface area contributed by atoms with Crippen LogP contribution in [0, 0.1) is 5.92 Å². The number of rotatable bonds is 5. The lowest BCUT2D eigenvalue weighted by atomic mass is 9.98. The van der Waals surface area contributed by atoms with Crippen molar-refractivity contribution < 1.29 is 9.59 Å². The van der Waals surface area contributed by atoms with E-state index in [1.165, 1.54) is 0 Å². The molecule has 2 amide bonds. The second kappa shape index (κ2) is 9.88. The molecule has 2 fully saturated rings. The van der Waals surface area contributed by atoms with Gasteiger partial charge in [0.1, 0.15) is 0 Å². The van der Waals surface area contributed by atoms with Gasteiger partial charge < -0.3 is 15.5 Å². The highest BCUT2D eigenvalue weighted by Crippen LogP contribution is 2.24. The van der Waals surface area contributed by atoms with Crippen molar-refractivity contribution in [2.24, 2.45) is 5.92 Å². The van der Waals surface area contributed by atoms with Gasteiger partial charge in [0, 0.05) is 24.4 Å². The van der Waals surface area contributed by atoms with E-state index in [9.17, 15) is 9.59 Å². The molecular weight excluding hydrogens is 346 g/mol. The van der Waals surface area contributed by atoms with Crippen LogP contribution in [-0.4, -0.2) is 59.4 Å². The summed E-state index contributed by atoms with van der Waals surface area (Å²) >= 11 is 1.70. The van der Waals surface area contributed by atoms with Crippen molar-refractivity contribution in [3.63, 3.8) is 0 Å². The molecule has 5 nitrogen and oxygen atoms in total. The number of likely N-dealkylation sites (tertiary alicyclic amines) is 1. The molecule has 0 bridgehead atoms. The van der Waals surface area contributed by atoms with Gasteiger partial charge >= 0.3 is 0 Å². The van der Waals surface area contributed by atoms with Crippen LogP contribution in [-0.2, 0) is 9.59 Å². The number of halogens is 1. The summed E-state index contributed by atoms with van der Waals surface area (Å²) in [5.74, 6) is 1.29. The number of nitrogens with one attached hydrogen (secondary N) is 2. The fourth-order valence-electron chi connectivity index (χ4n) is 3.10. The van der Waals surface area contributed by atoms with Gasteiger partial charge in [0.05, 0.1) is 11.8 Å². The van der Waals surface area contributed by atoms with Gasteiger partial charge in [-0.25, -0.2) is 0 Å². The molecule has 0 aromatic rings. The smallest absolute Gasteiger partial charge is 0.237 e. The maximum Gasteiger partial charge on any atom is 0.237 e. The van der Waals surface area contributed by atoms with E-state index in [4.69, 9.17) is 0 Å². The van der Waals surface area contributed by atoms with E-state index in [0.29, 0.717) is 18.2 Å². The molecule has 2 aliphatic heterocycles. The second-order valence-electron chi connectivity index (χ2n) is 7.64. The number of carbonyl (C=O) groups is 2. The summed E-state index contributed by atoms with van der Waals surface area (Å²) in [6, 6.07) is -0.0143. The van der Waals surface area contributed by atoms with Crippen molar-refractivity contribution in [2.45, 2.75) is 57.2 Å². The molecule has 140 valence electrons. The minimum atomic E-state index is -0.0143. The lowest BCUT2D eigenvalue weighted by Crippen LogP contribution is -2.47. The Morgan fingerprint density at radius 3 is 2.62 bits per heavy atom. The van der Waals surface area contributed by atoms with E-state index in [1.807, 2.05) is 4.90 Å². The van der Waals surface area contributed by atoms with Crippen LogP contribution in [0.2, 0.25) is 0 Å². The summed E-state index contributed by atoms with van der Waals surface area (Å²) in [4.78, 5) is 26.4. The molecule has 2 heterocycles. The topological polar surface area (TPSA) is 61.4 Å². The standard InChI is InChI=1S/C17H31N3O2S.ClH/c1-17(2,3)23-12-15(21)20-9-5-6-13(11-20)10-19-16(22)14-7-4-8-18-14;/h13-14,18H,4-12H2,1-3H3,(H,19,22);1H. The molecule has 7 heteroatoms. The highest BCUT2D eigenvalue weighted by atomic mass is 35.5. The molecule has 0 saturated carbocycles. The number of piperidine rings is 1. The van der Waals surface area contributed by atoms with Crippen LogP contribution in [0.15, 0.2) is 0 Å². The third kappa shape index (κ3) is 7.19. The third-order valence-corrected chi connectivity index (χ3v) is 5.70. The average Bonchev–Trinajstić information content (AvgIpc) is 3.04. The van der Waals surface area contributed by atoms with Crippen LogP contribution in [0.5, 0.6) is 0 Å². The van der Waals surface area contributed by atoms with Gasteiger partial charge in [0.25, 0.3) is 0 Å². The summed E-state index contributed by atoms with van der Waals surface area (Å²) in [6.07, 6.45) is 4.14. The molecule has 0 aliphatic carbocycles. The Balaban J connectivity index is 0.00000288. The molecule has 0 aromatic heterocycles. The van der Waals surface area contributed by atoms with Gasteiger partial charge in [-0.3, -0.25) is 9.59 Å². The Morgan fingerprint density at radius 2 is 2.00 bits per heavy atom. The summed E-state index contributed by atoms with van der Waals surface area (Å²) in [7, 11) is 0. The average molecular weight is 378 g/mol.